The summed E-state index contributed by atoms with van der Waals surface area (Å²) in [6, 6.07) is 5.35. The smallest absolute Gasteiger partial charge is 0.311 e. The molecule has 1 N–H and O–H groups in total. The van der Waals surface area contributed by atoms with Crippen molar-refractivity contribution in [3.8, 4) is 0 Å². The molecular weight excluding hydrogens is 294 g/mol. The van der Waals surface area contributed by atoms with Crippen LogP contribution >= 0.6 is 11.6 Å². The molecule has 1 aliphatic rings. The summed E-state index contributed by atoms with van der Waals surface area (Å²) in [5.41, 5.74) is 1.13. The number of hydrogen-bond donors (Lipinski definition) is 1. The van der Waals surface area contributed by atoms with Crippen molar-refractivity contribution in [3.05, 3.63) is 39.5 Å². The van der Waals surface area contributed by atoms with E-state index in [0.29, 0.717) is 34.8 Å². The van der Waals surface area contributed by atoms with E-state index in [1.54, 1.807) is 18.2 Å². The maximum atomic E-state index is 11.3. The Balaban J connectivity index is 2.08. The lowest BCUT2D eigenvalue weighted by Gasteiger charge is -2.24. The van der Waals surface area contributed by atoms with Crippen LogP contribution in [0.15, 0.2) is 24.4 Å². The summed E-state index contributed by atoms with van der Waals surface area (Å²) in [6.45, 7) is 1.32. The van der Waals surface area contributed by atoms with Crippen molar-refractivity contribution in [1.82, 2.24) is 4.98 Å². The minimum Gasteiger partial charge on any atom is -0.381 e. The first-order chi connectivity index (χ1) is 10.1. The Bertz CT molecular complexity index is 686. The van der Waals surface area contributed by atoms with Crippen molar-refractivity contribution < 1.29 is 9.66 Å². The molecule has 3 rings (SSSR count). The fourth-order valence-corrected chi connectivity index (χ4v) is 2.66. The van der Waals surface area contributed by atoms with Gasteiger partial charge in [0.2, 0.25) is 0 Å². The number of rotatable bonds is 3. The number of hydrogen-bond acceptors (Lipinski definition) is 5. The molecule has 2 heterocycles. The van der Waals surface area contributed by atoms with E-state index < -0.39 is 4.92 Å². The second-order valence-corrected chi connectivity index (χ2v) is 5.40. The minimum absolute atomic E-state index is 0.0312. The topological polar surface area (TPSA) is 77.3 Å². The Morgan fingerprint density at radius 1 is 1.38 bits per heavy atom. The molecule has 21 heavy (non-hydrogen) atoms. The van der Waals surface area contributed by atoms with Gasteiger partial charge in [-0.1, -0.05) is 11.6 Å². The molecule has 0 spiro atoms. The van der Waals surface area contributed by atoms with Crippen molar-refractivity contribution in [1.29, 1.82) is 0 Å². The molecule has 1 aromatic carbocycles. The van der Waals surface area contributed by atoms with Gasteiger partial charge in [0.25, 0.3) is 0 Å². The van der Waals surface area contributed by atoms with Gasteiger partial charge in [0.05, 0.1) is 10.4 Å². The molecule has 0 bridgehead atoms. The quantitative estimate of drug-likeness (QED) is 0.694. The highest BCUT2D eigenvalue weighted by molar-refractivity contribution is 6.31. The standard InChI is InChI=1S/C14H14ClN3O3/c15-9-1-2-12-11(7-9)14(13(8-16-12)18(19)20)17-10-3-5-21-6-4-10/h1-2,7-8,10H,3-6H2,(H,16,17). The number of halogens is 1. The number of pyridine rings is 1. The Morgan fingerprint density at radius 2 is 2.14 bits per heavy atom. The van der Waals surface area contributed by atoms with E-state index in [1.165, 1.54) is 6.20 Å². The molecule has 110 valence electrons. The molecule has 1 fully saturated rings. The molecule has 0 saturated carbocycles. The van der Waals surface area contributed by atoms with Crippen LogP contribution in [0.2, 0.25) is 5.02 Å². The highest BCUT2D eigenvalue weighted by Gasteiger charge is 2.22. The number of benzene rings is 1. The molecule has 1 aliphatic heterocycles. The predicted octanol–water partition coefficient (Wildman–Crippen LogP) is 3.39. The predicted molar refractivity (Wildman–Crippen MR) is 80.9 cm³/mol. The molecule has 6 nitrogen and oxygen atoms in total. The Kier molecular flexibility index (Phi) is 3.90. The first-order valence-electron chi connectivity index (χ1n) is 6.72. The highest BCUT2D eigenvalue weighted by atomic mass is 35.5. The summed E-state index contributed by atoms with van der Waals surface area (Å²) in [6.07, 6.45) is 2.93. The summed E-state index contributed by atoms with van der Waals surface area (Å²) < 4.78 is 5.31. The van der Waals surface area contributed by atoms with Crippen LogP contribution in [0.4, 0.5) is 11.4 Å². The summed E-state index contributed by atoms with van der Waals surface area (Å²) in [5, 5.41) is 15.7. The zero-order valence-electron chi connectivity index (χ0n) is 11.2. The van der Waals surface area contributed by atoms with Crippen LogP contribution in [0.5, 0.6) is 0 Å². The third kappa shape index (κ3) is 2.91. The van der Waals surface area contributed by atoms with Crippen LogP contribution < -0.4 is 5.32 Å². The van der Waals surface area contributed by atoms with Crippen molar-refractivity contribution in [2.24, 2.45) is 0 Å². The number of anilines is 1. The molecule has 7 heteroatoms. The number of nitro groups is 1. The maximum absolute atomic E-state index is 11.3. The van der Waals surface area contributed by atoms with E-state index in [-0.39, 0.29) is 11.7 Å². The molecule has 2 aromatic rings. The third-order valence-corrected chi connectivity index (χ3v) is 3.81. The molecule has 1 saturated heterocycles. The second-order valence-electron chi connectivity index (χ2n) is 4.97. The molecule has 0 unspecified atom stereocenters. The van der Waals surface area contributed by atoms with Crippen LogP contribution in [0.25, 0.3) is 10.9 Å². The molecule has 0 aliphatic carbocycles. The van der Waals surface area contributed by atoms with E-state index in [2.05, 4.69) is 10.3 Å². The summed E-state index contributed by atoms with van der Waals surface area (Å²) in [4.78, 5) is 15.0. The Morgan fingerprint density at radius 3 is 2.86 bits per heavy atom. The average Bonchev–Trinajstić information content (AvgIpc) is 2.48. The number of fused-ring (bicyclic) bond motifs is 1. The van der Waals surface area contributed by atoms with Crippen molar-refractivity contribution in [2.75, 3.05) is 18.5 Å². The van der Waals surface area contributed by atoms with Crippen LogP contribution in [-0.4, -0.2) is 29.2 Å². The number of ether oxygens (including phenoxy) is 1. The van der Waals surface area contributed by atoms with Crippen molar-refractivity contribution in [3.63, 3.8) is 0 Å². The Labute approximate surface area is 126 Å². The largest absolute Gasteiger partial charge is 0.381 e. The molecule has 0 amide bonds. The van der Waals surface area contributed by atoms with Gasteiger partial charge in [-0.25, -0.2) is 4.98 Å². The molecule has 1 aromatic heterocycles. The van der Waals surface area contributed by atoms with Gasteiger partial charge in [0.15, 0.2) is 0 Å². The van der Waals surface area contributed by atoms with E-state index in [4.69, 9.17) is 16.3 Å². The normalized spacial score (nSPS) is 16.0. The van der Waals surface area contributed by atoms with Gasteiger partial charge in [0, 0.05) is 29.7 Å². The van der Waals surface area contributed by atoms with E-state index in [1.807, 2.05) is 0 Å². The number of nitrogens with zero attached hydrogens (tertiary/aromatic N) is 2. The molecule has 0 radical (unpaired) electrons. The summed E-state index contributed by atoms with van der Waals surface area (Å²) >= 11 is 6.02. The van der Waals surface area contributed by atoms with Gasteiger partial charge in [-0.2, -0.15) is 0 Å². The minimum atomic E-state index is -0.422. The van der Waals surface area contributed by atoms with Gasteiger partial charge < -0.3 is 10.1 Å². The Hall–Kier alpha value is -1.92. The van der Waals surface area contributed by atoms with Gasteiger partial charge in [0.1, 0.15) is 11.9 Å². The van der Waals surface area contributed by atoms with Crippen LogP contribution in [0.3, 0.4) is 0 Å². The van der Waals surface area contributed by atoms with Crippen LogP contribution in [0, 0.1) is 10.1 Å². The maximum Gasteiger partial charge on any atom is 0.311 e. The fraction of sp³-hybridized carbons (Fsp3) is 0.357. The summed E-state index contributed by atoms with van der Waals surface area (Å²) in [7, 11) is 0. The van der Waals surface area contributed by atoms with E-state index in [9.17, 15) is 10.1 Å². The van der Waals surface area contributed by atoms with Gasteiger partial charge in [-0.15, -0.1) is 0 Å². The third-order valence-electron chi connectivity index (χ3n) is 3.58. The average molecular weight is 308 g/mol. The monoisotopic (exact) mass is 307 g/mol. The van der Waals surface area contributed by atoms with E-state index >= 15 is 0 Å². The van der Waals surface area contributed by atoms with Crippen molar-refractivity contribution >= 4 is 33.9 Å². The summed E-state index contributed by atoms with van der Waals surface area (Å²) in [5.74, 6) is 0. The van der Waals surface area contributed by atoms with Crippen LogP contribution in [0.1, 0.15) is 12.8 Å². The van der Waals surface area contributed by atoms with Crippen LogP contribution in [-0.2, 0) is 4.74 Å². The van der Waals surface area contributed by atoms with E-state index in [0.717, 1.165) is 12.8 Å². The lowest BCUT2D eigenvalue weighted by atomic mass is 10.1. The first kappa shape index (κ1) is 14.0. The van der Waals surface area contributed by atoms with Gasteiger partial charge in [-0.05, 0) is 31.0 Å². The zero-order chi connectivity index (χ0) is 14.8. The van der Waals surface area contributed by atoms with Gasteiger partial charge in [-0.3, -0.25) is 10.1 Å². The second kappa shape index (κ2) is 5.83. The zero-order valence-corrected chi connectivity index (χ0v) is 12.0. The SMILES string of the molecule is O=[N+]([O-])c1cnc2ccc(Cl)cc2c1NC1CCOCC1. The number of aromatic nitrogens is 1. The lowest BCUT2D eigenvalue weighted by molar-refractivity contribution is -0.384. The van der Waals surface area contributed by atoms with Gasteiger partial charge >= 0.3 is 5.69 Å². The highest BCUT2D eigenvalue weighted by Crippen LogP contribution is 2.34. The lowest BCUT2D eigenvalue weighted by Crippen LogP contribution is -2.28. The molecule has 0 atom stereocenters. The first-order valence-corrected chi connectivity index (χ1v) is 7.10. The fourth-order valence-electron chi connectivity index (χ4n) is 2.49. The number of nitrogens with one attached hydrogen (secondary N) is 1. The molecular formula is C14H14ClN3O3. The van der Waals surface area contributed by atoms with Crippen molar-refractivity contribution in [2.45, 2.75) is 18.9 Å².